The number of carboxylic acid groups (broad SMARTS) is 1. The standard InChI is InChI=1S/C29H37NO6.C24H29NO3.C21H31NO4.C4H7IO3.CH2O2/c1-20(2)36-28(32)35-19-34-24-14-13-22-16-23-12-8-5-9-15-29(3,25(22)17-24)26(23)30-27(31)33-18-21-10-6-4-7-11-21;1-24-13-7-3-6-10-19(14-18-11-12-20(26)15-21(18)24)22(24)25-23(27)28-16-17-8-4-2-5-9-17;1-14(2)26-20(23)25-13-24-17-9-8-15-11-16-7-5-4-6-10-21(3,19(16)22)18(15)12-17;1-3(2)7-4(6)8-5;2-1-3/h4,6-7,10-11,13-14,17,20,23,26H,5,8-9,12,15-16,18-19H2,1-3H3,(H,30,31);2,4-5,8-9,11-12,15,19,22,26H,3,6-7,10,13-14,16H2,1H3,(H,25,27);8-9,12,14,16,19H,4-7,10-11,13,22H2,1-3H3;3H,1-2H3;1H,(H,2,3)/t23-,26-,29+;19-,22-,24+;16-,19-,21+;;/m000../s1. The molecule has 0 saturated heterocycles. The summed E-state index contributed by atoms with van der Waals surface area (Å²) in [6.07, 6.45) is 16.8. The Hall–Kier alpha value is -7.99. The minimum atomic E-state index is -0.754. The summed E-state index contributed by atoms with van der Waals surface area (Å²) in [5, 5.41) is 23.4. The van der Waals surface area contributed by atoms with Crippen LogP contribution in [0.4, 0.5) is 24.0 Å². The lowest BCUT2D eigenvalue weighted by Crippen LogP contribution is -2.57. The SMILES string of the molecule is CC(C)OC(=O)OCOc1ccc2c(c1)[C@@]1(C)CCCCC[C@@H](C2)[C@@H]1N.CC(C)OC(=O)OCOc1ccc2c(c1)[C@@]1(C)CCCCC[C@@H](C2)[C@@H]1NC(=O)OCc1ccccc1.CC(C)OC(=O)OI.C[C@@]12CCCCC[C@@H](Cc3ccc(O)cc31)[C@@H]2NC(=O)OCc1ccccc1.O=CO. The topological polar surface area (TPSA) is 285 Å². The molecule has 21 nitrogen and oxygen atoms in total. The lowest BCUT2D eigenvalue weighted by atomic mass is 9.59. The number of hydrogen-bond donors (Lipinski definition) is 5. The van der Waals surface area contributed by atoms with Crippen molar-refractivity contribution in [2.75, 3.05) is 13.6 Å². The Bertz CT molecular complexity index is 3450. The zero-order chi connectivity index (χ0) is 73.1. The highest BCUT2D eigenvalue weighted by Crippen LogP contribution is 2.50. The van der Waals surface area contributed by atoms with Gasteiger partial charge in [0.25, 0.3) is 6.47 Å². The zero-order valence-electron chi connectivity index (χ0n) is 60.2. The van der Waals surface area contributed by atoms with Crippen LogP contribution < -0.4 is 25.8 Å². The number of rotatable bonds is 15. The minimum absolute atomic E-state index is 0.0184. The van der Waals surface area contributed by atoms with Crippen LogP contribution in [0.15, 0.2) is 115 Å². The van der Waals surface area contributed by atoms with Crippen LogP contribution in [0.1, 0.15) is 203 Å². The van der Waals surface area contributed by atoms with Gasteiger partial charge in [0, 0.05) is 34.4 Å². The van der Waals surface area contributed by atoms with Gasteiger partial charge in [0.2, 0.25) is 13.6 Å². The van der Waals surface area contributed by atoms with E-state index in [0.29, 0.717) is 35.0 Å². The lowest BCUT2D eigenvalue weighted by Gasteiger charge is -2.49. The van der Waals surface area contributed by atoms with Crippen molar-refractivity contribution in [1.29, 1.82) is 0 Å². The van der Waals surface area contributed by atoms with E-state index in [1.165, 1.54) is 108 Å². The van der Waals surface area contributed by atoms with Crippen molar-refractivity contribution in [3.05, 3.63) is 160 Å². The number of nitrogens with one attached hydrogen (secondary N) is 2. The minimum Gasteiger partial charge on any atom is -0.508 e. The first-order valence-corrected chi connectivity index (χ1v) is 36.6. The van der Waals surface area contributed by atoms with Crippen LogP contribution in [0.2, 0.25) is 0 Å². The Balaban J connectivity index is 0.000000200. The number of phenols is 1. The lowest BCUT2D eigenvalue weighted by molar-refractivity contribution is -0.122. The molecule has 9 atom stereocenters. The molecule has 3 fully saturated rings. The molecule has 6 aliphatic rings. The van der Waals surface area contributed by atoms with Crippen LogP contribution in [0.3, 0.4) is 0 Å². The van der Waals surface area contributed by atoms with Gasteiger partial charge in [0.1, 0.15) is 30.5 Å². The fraction of sp³-hybridized carbons (Fsp3) is 0.544. The number of hydrogen-bond acceptors (Lipinski definition) is 18. The van der Waals surface area contributed by atoms with E-state index in [9.17, 15) is 29.1 Å². The van der Waals surface area contributed by atoms with E-state index in [1.807, 2.05) is 84.9 Å². The highest BCUT2D eigenvalue weighted by atomic mass is 127. The molecule has 0 aromatic heterocycles. The van der Waals surface area contributed by atoms with Gasteiger partial charge in [-0.15, -0.1) is 0 Å². The molecule has 0 heterocycles. The molecule has 0 spiro atoms. The fourth-order valence-corrected chi connectivity index (χ4v) is 15.6. The maximum atomic E-state index is 12.9. The number of nitrogens with two attached hydrogens (primary N) is 1. The number of carbonyl (C=O) groups is 6. The van der Waals surface area contributed by atoms with Gasteiger partial charge in [-0.05, 0) is 198 Å². The van der Waals surface area contributed by atoms with Crippen LogP contribution in [0.5, 0.6) is 17.2 Å². The molecule has 0 radical (unpaired) electrons. The van der Waals surface area contributed by atoms with Crippen molar-refractivity contribution in [1.82, 2.24) is 10.6 Å². The molecule has 5 aromatic carbocycles. The Morgan fingerprint density at radius 3 is 1.28 bits per heavy atom. The van der Waals surface area contributed by atoms with Crippen molar-refractivity contribution in [2.24, 2.45) is 23.5 Å². The van der Waals surface area contributed by atoms with Crippen LogP contribution in [-0.4, -0.2) is 97.4 Å². The third-order valence-corrected chi connectivity index (χ3v) is 20.6. The Morgan fingerprint density at radius 2 is 0.871 bits per heavy atom. The molecular weight excluding hydrogens is 1410 g/mol. The molecule has 22 heteroatoms. The van der Waals surface area contributed by atoms with Gasteiger partial charge in [-0.25, -0.2) is 24.0 Å². The molecule has 3 saturated carbocycles. The summed E-state index contributed by atoms with van der Waals surface area (Å²) in [5.74, 6) is 2.92. The van der Waals surface area contributed by atoms with Gasteiger partial charge >= 0.3 is 30.7 Å². The summed E-state index contributed by atoms with van der Waals surface area (Å²) in [4.78, 5) is 67.2. The average molecular weight is 1510 g/mol. The smallest absolute Gasteiger partial charge is 0.508 e. The number of ether oxygens (including phenoxy) is 9. The van der Waals surface area contributed by atoms with Crippen molar-refractivity contribution in [3.8, 4) is 17.2 Å². The molecule has 11 rings (SSSR count). The summed E-state index contributed by atoms with van der Waals surface area (Å²) >= 11 is 1.47. The maximum Gasteiger partial charge on any atom is 0.518 e. The van der Waals surface area contributed by atoms with E-state index >= 15 is 0 Å². The normalized spacial score (nSPS) is 23.5. The number of amides is 2. The first-order chi connectivity index (χ1) is 48.4. The number of benzene rings is 5. The first kappa shape index (κ1) is 80.3. The van der Waals surface area contributed by atoms with E-state index in [4.69, 9.17) is 53.5 Å². The summed E-state index contributed by atoms with van der Waals surface area (Å²) in [6.45, 7) is 17.3. The summed E-state index contributed by atoms with van der Waals surface area (Å²) < 4.78 is 51.1. The summed E-state index contributed by atoms with van der Waals surface area (Å²) in [7, 11) is 0. The summed E-state index contributed by atoms with van der Waals surface area (Å²) in [5.41, 5.74) is 15.8. The second kappa shape index (κ2) is 39.4. The highest BCUT2D eigenvalue weighted by Gasteiger charge is 2.49. The van der Waals surface area contributed by atoms with Crippen molar-refractivity contribution >= 4 is 60.1 Å². The van der Waals surface area contributed by atoms with Crippen LogP contribution >= 0.6 is 23.0 Å². The maximum absolute atomic E-state index is 12.9. The molecular formula is C79H106IN3O18. The third-order valence-electron chi connectivity index (χ3n) is 20.3. The number of halogens is 1. The van der Waals surface area contributed by atoms with Gasteiger partial charge < -0.3 is 72.3 Å². The number of fused-ring (bicyclic) bond motifs is 12. The Kier molecular flexibility index (Phi) is 31.4. The predicted octanol–water partition coefficient (Wildman–Crippen LogP) is 17.3. The van der Waals surface area contributed by atoms with Gasteiger partial charge in [-0.1, -0.05) is 157 Å². The second-order valence-corrected chi connectivity index (χ2v) is 29.0. The van der Waals surface area contributed by atoms with Crippen LogP contribution in [0, 0.1) is 17.8 Å². The predicted molar refractivity (Wildman–Crippen MR) is 391 cm³/mol. The number of phenolic OH excluding ortho intramolecular Hbond substituents is 1. The van der Waals surface area contributed by atoms with Gasteiger partial charge in [0.05, 0.1) is 18.3 Å². The van der Waals surface area contributed by atoms with Crippen LogP contribution in [0.25, 0.3) is 0 Å². The zero-order valence-corrected chi connectivity index (χ0v) is 62.3. The third kappa shape index (κ3) is 23.5. The van der Waals surface area contributed by atoms with Crippen molar-refractivity contribution in [3.63, 3.8) is 0 Å². The molecule has 0 aliphatic heterocycles. The van der Waals surface area contributed by atoms with E-state index in [-0.39, 0.29) is 98.1 Å². The molecule has 2 amide bonds. The molecule has 5 aromatic rings. The molecule has 6 N–H and O–H groups in total. The fourth-order valence-electron chi connectivity index (χ4n) is 15.5. The number of carbonyl (C=O) groups excluding carboxylic acids is 5. The van der Waals surface area contributed by atoms with Gasteiger partial charge in [0.15, 0.2) is 23.0 Å². The monoisotopic (exact) mass is 1510 g/mol. The highest BCUT2D eigenvalue weighted by molar-refractivity contribution is 14.1. The first-order valence-electron chi connectivity index (χ1n) is 35.7. The average Bonchev–Trinajstić information content (AvgIpc) is 0.761. The van der Waals surface area contributed by atoms with E-state index in [1.54, 1.807) is 47.6 Å². The number of aromatic hydroxyl groups is 1. The molecule has 6 aliphatic carbocycles. The molecule has 101 heavy (non-hydrogen) atoms. The molecule has 0 unspecified atom stereocenters. The van der Waals surface area contributed by atoms with Crippen molar-refractivity contribution in [2.45, 2.75) is 244 Å². The quantitative estimate of drug-likeness (QED) is 0.0214. The summed E-state index contributed by atoms with van der Waals surface area (Å²) in [6, 6.07) is 37.6. The number of alkyl carbamates (subject to hydrolysis) is 2. The Labute approximate surface area is 609 Å². The van der Waals surface area contributed by atoms with E-state index < -0.39 is 18.5 Å². The van der Waals surface area contributed by atoms with Crippen LogP contribution in [-0.2, 0) is 89.7 Å². The van der Waals surface area contributed by atoms with Crippen molar-refractivity contribution < 1.29 is 84.7 Å². The van der Waals surface area contributed by atoms with Gasteiger partial charge in [-0.2, -0.15) is 0 Å². The van der Waals surface area contributed by atoms with E-state index in [2.05, 4.69) is 63.5 Å². The molecule has 6 bridgehead atoms. The molecule has 552 valence electrons. The second-order valence-electron chi connectivity index (χ2n) is 28.6. The largest absolute Gasteiger partial charge is 0.518 e. The van der Waals surface area contributed by atoms with Gasteiger partial charge in [-0.3, -0.25) is 4.79 Å². The Morgan fingerprint density at radius 1 is 0.505 bits per heavy atom. The van der Waals surface area contributed by atoms with E-state index in [0.717, 1.165) is 75.3 Å².